The number of aliphatic hydroxyl groups is 1. The molecule has 0 aliphatic rings. The van der Waals surface area contributed by atoms with Crippen LogP contribution in [0.4, 0.5) is 0 Å². The summed E-state index contributed by atoms with van der Waals surface area (Å²) in [6, 6.07) is -0.842. The molecule has 406 valence electrons. The van der Waals surface area contributed by atoms with Gasteiger partial charge in [0.1, 0.15) is 13.2 Å². The molecule has 0 rings (SSSR count). The van der Waals surface area contributed by atoms with Crippen LogP contribution in [0.5, 0.6) is 0 Å². The molecule has 0 spiro atoms. The van der Waals surface area contributed by atoms with Crippen molar-refractivity contribution in [2.24, 2.45) is 0 Å². The number of nitrogens with one attached hydrogen (secondary N) is 1. The number of phosphoric ester groups is 1. The van der Waals surface area contributed by atoms with E-state index in [0.717, 1.165) is 32.1 Å². The highest BCUT2D eigenvalue weighted by Crippen LogP contribution is 2.43. The lowest BCUT2D eigenvalue weighted by Crippen LogP contribution is -2.45. The first-order valence-corrected chi connectivity index (χ1v) is 31.6. The van der Waals surface area contributed by atoms with E-state index in [1.54, 1.807) is 6.08 Å². The fourth-order valence-corrected chi connectivity index (χ4v) is 10.0. The predicted molar refractivity (Wildman–Crippen MR) is 295 cm³/mol. The van der Waals surface area contributed by atoms with Crippen molar-refractivity contribution in [3.8, 4) is 0 Å². The number of hydrogen-bond acceptors (Lipinski definition) is 5. The van der Waals surface area contributed by atoms with Crippen LogP contribution in [0.25, 0.3) is 0 Å². The molecule has 0 aromatic rings. The molecule has 9 heteroatoms. The Morgan fingerprint density at radius 2 is 0.779 bits per heavy atom. The summed E-state index contributed by atoms with van der Waals surface area (Å²) in [5.74, 6) is -0.169. The summed E-state index contributed by atoms with van der Waals surface area (Å²) in [5.41, 5.74) is 0. The van der Waals surface area contributed by atoms with Crippen LogP contribution in [0, 0.1) is 0 Å². The van der Waals surface area contributed by atoms with Crippen molar-refractivity contribution in [2.75, 3.05) is 40.9 Å². The van der Waals surface area contributed by atoms with E-state index in [4.69, 9.17) is 9.05 Å². The van der Waals surface area contributed by atoms with Gasteiger partial charge in [0.15, 0.2) is 0 Å². The standard InChI is InChI=1S/C59H119N2O6P/c1-6-8-10-12-14-16-18-20-22-24-26-28-29-30-31-32-33-35-37-39-41-43-45-47-49-51-53-59(63)60-57(56-67-68(64,65)66-55-54-61(3,4)5)58(62)52-50-48-46-44-42-40-38-36-34-27-25-23-21-19-17-15-13-11-9-7-2/h50,52,57-58,62H,6-49,51,53-56H2,1-5H3,(H-,60,63,64,65)/p+1/b52-50+. The normalized spacial score (nSPS) is 13.9. The van der Waals surface area contributed by atoms with E-state index in [1.165, 1.54) is 257 Å². The van der Waals surface area contributed by atoms with Gasteiger partial charge in [-0.25, -0.2) is 4.57 Å². The third-order valence-corrected chi connectivity index (χ3v) is 15.0. The van der Waals surface area contributed by atoms with Gasteiger partial charge < -0.3 is 19.8 Å². The second-order valence-corrected chi connectivity index (χ2v) is 23.5. The van der Waals surface area contributed by atoms with Crippen LogP contribution in [-0.2, 0) is 18.4 Å². The van der Waals surface area contributed by atoms with Gasteiger partial charge in [-0.3, -0.25) is 13.8 Å². The van der Waals surface area contributed by atoms with E-state index in [2.05, 4.69) is 19.2 Å². The molecular weight excluding hydrogens is 864 g/mol. The Morgan fingerprint density at radius 3 is 1.09 bits per heavy atom. The molecule has 0 fully saturated rings. The third-order valence-electron chi connectivity index (χ3n) is 14.0. The van der Waals surface area contributed by atoms with E-state index in [-0.39, 0.29) is 19.1 Å². The van der Waals surface area contributed by atoms with Crippen LogP contribution in [0.1, 0.15) is 309 Å². The lowest BCUT2D eigenvalue weighted by molar-refractivity contribution is -0.870. The number of allylic oxidation sites excluding steroid dienone is 1. The fourth-order valence-electron chi connectivity index (χ4n) is 9.28. The van der Waals surface area contributed by atoms with Gasteiger partial charge in [0.05, 0.1) is 39.9 Å². The first-order valence-electron chi connectivity index (χ1n) is 30.1. The van der Waals surface area contributed by atoms with Crippen molar-refractivity contribution in [1.82, 2.24) is 5.32 Å². The summed E-state index contributed by atoms with van der Waals surface area (Å²) < 4.78 is 23.7. The molecular formula is C59H120N2O6P+. The Hall–Kier alpha value is -0.760. The van der Waals surface area contributed by atoms with Gasteiger partial charge in [0.25, 0.3) is 0 Å². The Balaban J connectivity index is 4.13. The Kier molecular flexibility index (Phi) is 50.6. The minimum atomic E-state index is -4.34. The first kappa shape index (κ1) is 67.2. The van der Waals surface area contributed by atoms with Crippen LogP contribution in [0.2, 0.25) is 0 Å². The molecule has 68 heavy (non-hydrogen) atoms. The molecule has 0 saturated carbocycles. The predicted octanol–water partition coefficient (Wildman–Crippen LogP) is 18.2. The van der Waals surface area contributed by atoms with E-state index >= 15 is 0 Å². The van der Waals surface area contributed by atoms with Crippen LogP contribution < -0.4 is 5.32 Å². The number of carbonyl (C=O) groups is 1. The number of rotatable bonds is 56. The van der Waals surface area contributed by atoms with Gasteiger partial charge in [-0.1, -0.05) is 296 Å². The maximum absolute atomic E-state index is 13.0. The first-order chi connectivity index (χ1) is 33.0. The molecule has 0 aliphatic carbocycles. The molecule has 0 aromatic carbocycles. The van der Waals surface area contributed by atoms with Crippen LogP contribution in [0.15, 0.2) is 12.2 Å². The quantitative estimate of drug-likeness (QED) is 0.0243. The molecule has 0 heterocycles. The van der Waals surface area contributed by atoms with Crippen molar-refractivity contribution < 1.29 is 32.9 Å². The van der Waals surface area contributed by atoms with E-state index in [1.807, 2.05) is 27.2 Å². The van der Waals surface area contributed by atoms with Gasteiger partial charge >= 0.3 is 7.82 Å². The van der Waals surface area contributed by atoms with Crippen molar-refractivity contribution >= 4 is 13.7 Å². The SMILES string of the molecule is CCCCCCCCCCCCCCCCCCCC/C=C/C(O)C(COP(=O)(O)OCC[N+](C)(C)C)NC(=O)CCCCCCCCCCCCCCCCCCCCCCCCCCCC. The highest BCUT2D eigenvalue weighted by Gasteiger charge is 2.27. The van der Waals surface area contributed by atoms with Gasteiger partial charge in [-0.05, 0) is 19.3 Å². The number of aliphatic hydroxyl groups excluding tert-OH is 1. The number of hydrogen-bond donors (Lipinski definition) is 3. The zero-order valence-corrected chi connectivity index (χ0v) is 47.3. The maximum atomic E-state index is 13.0. The zero-order valence-electron chi connectivity index (χ0n) is 46.4. The number of amides is 1. The molecule has 0 aliphatic heterocycles. The number of unbranched alkanes of at least 4 members (excludes halogenated alkanes) is 43. The number of phosphoric acid groups is 1. The summed E-state index contributed by atoms with van der Waals surface area (Å²) in [4.78, 5) is 23.3. The summed E-state index contributed by atoms with van der Waals surface area (Å²) in [5, 5.41) is 14.0. The summed E-state index contributed by atoms with van der Waals surface area (Å²) in [7, 11) is 1.59. The van der Waals surface area contributed by atoms with E-state index in [9.17, 15) is 19.4 Å². The summed E-state index contributed by atoms with van der Waals surface area (Å²) in [6.45, 7) is 4.87. The van der Waals surface area contributed by atoms with E-state index in [0.29, 0.717) is 17.4 Å². The molecule has 0 bridgehead atoms. The largest absolute Gasteiger partial charge is 0.472 e. The van der Waals surface area contributed by atoms with Crippen LogP contribution in [-0.4, -0.2) is 73.4 Å². The minimum absolute atomic E-state index is 0.0652. The molecule has 0 radical (unpaired) electrons. The average molecular weight is 985 g/mol. The fraction of sp³-hybridized carbons (Fsp3) is 0.949. The lowest BCUT2D eigenvalue weighted by Gasteiger charge is -2.25. The minimum Gasteiger partial charge on any atom is -0.387 e. The summed E-state index contributed by atoms with van der Waals surface area (Å²) in [6.07, 6.45) is 63.2. The Morgan fingerprint density at radius 1 is 0.485 bits per heavy atom. The molecule has 3 N–H and O–H groups in total. The smallest absolute Gasteiger partial charge is 0.387 e. The Bertz CT molecular complexity index is 1120. The van der Waals surface area contributed by atoms with Crippen molar-refractivity contribution in [1.29, 1.82) is 0 Å². The average Bonchev–Trinajstić information content (AvgIpc) is 3.30. The topological polar surface area (TPSA) is 105 Å². The van der Waals surface area contributed by atoms with Gasteiger partial charge in [0, 0.05) is 6.42 Å². The Labute approximate surface area is 424 Å². The van der Waals surface area contributed by atoms with Gasteiger partial charge in [-0.15, -0.1) is 0 Å². The molecule has 3 atom stereocenters. The van der Waals surface area contributed by atoms with Crippen LogP contribution >= 0.6 is 7.82 Å². The highest BCUT2D eigenvalue weighted by molar-refractivity contribution is 7.47. The third kappa shape index (κ3) is 53.0. The van der Waals surface area contributed by atoms with Crippen molar-refractivity contribution in [2.45, 2.75) is 321 Å². The molecule has 1 amide bonds. The number of likely N-dealkylation sites (N-methyl/N-ethyl adjacent to an activating group) is 1. The molecule has 0 aromatic heterocycles. The van der Waals surface area contributed by atoms with Crippen molar-refractivity contribution in [3.63, 3.8) is 0 Å². The maximum Gasteiger partial charge on any atom is 0.472 e. The summed E-state index contributed by atoms with van der Waals surface area (Å²) >= 11 is 0. The monoisotopic (exact) mass is 984 g/mol. The second kappa shape index (κ2) is 51.2. The molecule has 3 unspecified atom stereocenters. The second-order valence-electron chi connectivity index (χ2n) is 22.1. The van der Waals surface area contributed by atoms with E-state index < -0.39 is 20.0 Å². The number of carbonyl (C=O) groups excluding carboxylic acids is 1. The lowest BCUT2D eigenvalue weighted by atomic mass is 10.0. The van der Waals surface area contributed by atoms with Gasteiger partial charge in [0.2, 0.25) is 5.91 Å². The highest BCUT2D eigenvalue weighted by atomic mass is 31.2. The number of quaternary nitrogens is 1. The van der Waals surface area contributed by atoms with Gasteiger partial charge in [-0.2, -0.15) is 0 Å². The van der Waals surface area contributed by atoms with Crippen LogP contribution in [0.3, 0.4) is 0 Å². The zero-order chi connectivity index (χ0) is 49.9. The van der Waals surface area contributed by atoms with Crippen molar-refractivity contribution in [3.05, 3.63) is 12.2 Å². The molecule has 8 nitrogen and oxygen atoms in total. The number of nitrogens with zero attached hydrogens (tertiary/aromatic N) is 1. The molecule has 0 saturated heterocycles.